The summed E-state index contributed by atoms with van der Waals surface area (Å²) in [6.45, 7) is 0.827. The van der Waals surface area contributed by atoms with Crippen molar-refractivity contribution < 1.29 is 19.0 Å². The largest absolute Gasteiger partial charge is 0.466 e. The Morgan fingerprint density at radius 2 is 2.17 bits per heavy atom. The van der Waals surface area contributed by atoms with Gasteiger partial charge in [0.15, 0.2) is 0 Å². The van der Waals surface area contributed by atoms with Gasteiger partial charge in [0.05, 0.1) is 13.7 Å². The van der Waals surface area contributed by atoms with Gasteiger partial charge in [-0.1, -0.05) is 6.08 Å². The third kappa shape index (κ3) is 7.24. The molecule has 0 N–H and O–H groups in total. The summed E-state index contributed by atoms with van der Waals surface area (Å²) < 4.78 is 14.0. The van der Waals surface area contributed by atoms with Crippen LogP contribution in [-0.2, 0) is 19.0 Å². The second-order valence-corrected chi connectivity index (χ2v) is 2.03. The lowest BCUT2D eigenvalue weighted by Crippen LogP contribution is -1.98. The quantitative estimate of drug-likeness (QED) is 0.258. The molecule has 0 aromatic rings. The SMILES string of the molecule is COCOCC/C=C/C(=O)OC. The van der Waals surface area contributed by atoms with Gasteiger partial charge < -0.3 is 14.2 Å². The van der Waals surface area contributed by atoms with Crippen molar-refractivity contribution in [2.45, 2.75) is 6.42 Å². The Morgan fingerprint density at radius 3 is 2.75 bits per heavy atom. The molecule has 70 valence electrons. The van der Waals surface area contributed by atoms with Crippen LogP contribution >= 0.6 is 0 Å². The zero-order chi connectivity index (χ0) is 9.23. The molecule has 0 aliphatic rings. The molecule has 0 aromatic carbocycles. The minimum absolute atomic E-state index is 0.284. The summed E-state index contributed by atoms with van der Waals surface area (Å²) in [5.74, 6) is -0.346. The van der Waals surface area contributed by atoms with Gasteiger partial charge in [0.1, 0.15) is 6.79 Å². The van der Waals surface area contributed by atoms with E-state index in [0.717, 1.165) is 0 Å². The molecule has 0 bridgehead atoms. The lowest BCUT2D eigenvalue weighted by Gasteiger charge is -1.98. The Kier molecular flexibility index (Phi) is 7.63. The lowest BCUT2D eigenvalue weighted by molar-refractivity contribution is -0.134. The van der Waals surface area contributed by atoms with Crippen molar-refractivity contribution in [3.05, 3.63) is 12.2 Å². The van der Waals surface area contributed by atoms with Gasteiger partial charge in [0, 0.05) is 13.2 Å². The molecule has 0 aromatic heterocycles. The molecule has 0 fully saturated rings. The highest BCUT2D eigenvalue weighted by molar-refractivity contribution is 5.81. The second kappa shape index (κ2) is 8.23. The van der Waals surface area contributed by atoms with Crippen molar-refractivity contribution in [1.82, 2.24) is 0 Å². The molecule has 0 radical (unpaired) electrons. The molecule has 12 heavy (non-hydrogen) atoms. The maximum Gasteiger partial charge on any atom is 0.330 e. The number of carbonyl (C=O) groups excluding carboxylic acids is 1. The van der Waals surface area contributed by atoms with Gasteiger partial charge in [-0.2, -0.15) is 0 Å². The number of esters is 1. The molecule has 0 aliphatic carbocycles. The lowest BCUT2D eigenvalue weighted by atomic mass is 10.4. The van der Waals surface area contributed by atoms with E-state index in [0.29, 0.717) is 13.0 Å². The van der Waals surface area contributed by atoms with Gasteiger partial charge in [-0.15, -0.1) is 0 Å². The Hall–Kier alpha value is -0.870. The van der Waals surface area contributed by atoms with E-state index in [4.69, 9.17) is 4.74 Å². The van der Waals surface area contributed by atoms with Crippen LogP contribution in [0.2, 0.25) is 0 Å². The molecule has 0 rings (SSSR count). The predicted molar refractivity (Wildman–Crippen MR) is 43.6 cm³/mol. The van der Waals surface area contributed by atoms with Crippen molar-refractivity contribution in [1.29, 1.82) is 0 Å². The molecule has 0 spiro atoms. The van der Waals surface area contributed by atoms with E-state index in [9.17, 15) is 4.79 Å². The molecule has 0 saturated heterocycles. The van der Waals surface area contributed by atoms with Crippen LogP contribution in [0.3, 0.4) is 0 Å². The minimum atomic E-state index is -0.346. The number of hydrogen-bond acceptors (Lipinski definition) is 4. The molecule has 0 atom stereocenters. The van der Waals surface area contributed by atoms with Crippen LogP contribution in [0.5, 0.6) is 0 Å². The molecule has 0 unspecified atom stereocenters. The number of carbonyl (C=O) groups is 1. The van der Waals surface area contributed by atoms with Crippen LogP contribution in [0.25, 0.3) is 0 Å². The number of ether oxygens (including phenoxy) is 3. The maximum atomic E-state index is 10.5. The minimum Gasteiger partial charge on any atom is -0.466 e. The molecule has 0 aliphatic heterocycles. The first-order chi connectivity index (χ1) is 5.81. The first-order valence-electron chi connectivity index (χ1n) is 3.62. The molecular weight excluding hydrogens is 160 g/mol. The van der Waals surface area contributed by atoms with Crippen molar-refractivity contribution in [3.63, 3.8) is 0 Å². The summed E-state index contributed by atoms with van der Waals surface area (Å²) in [5, 5.41) is 0. The van der Waals surface area contributed by atoms with Crippen LogP contribution in [0.4, 0.5) is 0 Å². The van der Waals surface area contributed by atoms with E-state index >= 15 is 0 Å². The standard InChI is InChI=1S/C8H14O4/c1-10-7-12-6-4-3-5-8(9)11-2/h3,5H,4,6-7H2,1-2H3/b5-3+. The van der Waals surface area contributed by atoms with Gasteiger partial charge in [0.2, 0.25) is 0 Å². The highest BCUT2D eigenvalue weighted by Gasteiger charge is 1.89. The average molecular weight is 174 g/mol. The van der Waals surface area contributed by atoms with E-state index < -0.39 is 0 Å². The summed E-state index contributed by atoms with van der Waals surface area (Å²) in [5.41, 5.74) is 0. The summed E-state index contributed by atoms with van der Waals surface area (Å²) in [6, 6.07) is 0. The first kappa shape index (κ1) is 11.1. The molecule has 4 heteroatoms. The smallest absolute Gasteiger partial charge is 0.330 e. The van der Waals surface area contributed by atoms with Crippen molar-refractivity contribution in [2.75, 3.05) is 27.6 Å². The third-order valence-electron chi connectivity index (χ3n) is 1.09. The Labute approximate surface area is 72.1 Å². The van der Waals surface area contributed by atoms with Crippen molar-refractivity contribution in [2.24, 2.45) is 0 Å². The van der Waals surface area contributed by atoms with Crippen molar-refractivity contribution in [3.8, 4) is 0 Å². The summed E-state index contributed by atoms with van der Waals surface area (Å²) in [4.78, 5) is 10.5. The topological polar surface area (TPSA) is 44.8 Å². The van der Waals surface area contributed by atoms with E-state index in [1.807, 2.05) is 0 Å². The molecule has 0 saturated carbocycles. The number of hydrogen-bond donors (Lipinski definition) is 0. The monoisotopic (exact) mass is 174 g/mol. The van der Waals surface area contributed by atoms with Crippen LogP contribution in [-0.4, -0.2) is 33.6 Å². The Bertz CT molecular complexity index is 142. The summed E-state index contributed by atoms with van der Waals surface area (Å²) in [6.07, 6.45) is 3.75. The van der Waals surface area contributed by atoms with Gasteiger partial charge >= 0.3 is 5.97 Å². The molecule has 4 nitrogen and oxygen atoms in total. The highest BCUT2D eigenvalue weighted by atomic mass is 16.7. The van der Waals surface area contributed by atoms with E-state index in [1.54, 1.807) is 13.2 Å². The van der Waals surface area contributed by atoms with Crippen LogP contribution < -0.4 is 0 Å². The fourth-order valence-electron chi connectivity index (χ4n) is 0.541. The third-order valence-corrected chi connectivity index (χ3v) is 1.09. The number of rotatable bonds is 6. The highest BCUT2D eigenvalue weighted by Crippen LogP contribution is 1.86. The number of methoxy groups -OCH3 is 2. The van der Waals surface area contributed by atoms with Crippen molar-refractivity contribution >= 4 is 5.97 Å². The predicted octanol–water partition coefficient (Wildman–Crippen LogP) is 0.726. The zero-order valence-corrected chi connectivity index (χ0v) is 7.41. The molecule has 0 amide bonds. The van der Waals surface area contributed by atoms with Crippen LogP contribution in [0.15, 0.2) is 12.2 Å². The Morgan fingerprint density at radius 1 is 1.42 bits per heavy atom. The van der Waals surface area contributed by atoms with Gasteiger partial charge in [0.25, 0.3) is 0 Å². The van der Waals surface area contributed by atoms with E-state index in [1.165, 1.54) is 13.2 Å². The van der Waals surface area contributed by atoms with E-state index in [2.05, 4.69) is 9.47 Å². The van der Waals surface area contributed by atoms with Gasteiger partial charge in [-0.25, -0.2) is 4.79 Å². The summed E-state index contributed by atoms with van der Waals surface area (Å²) >= 11 is 0. The maximum absolute atomic E-state index is 10.5. The normalized spacial score (nSPS) is 10.5. The van der Waals surface area contributed by atoms with Gasteiger partial charge in [-0.3, -0.25) is 0 Å². The Balaban J connectivity index is 3.18. The fourth-order valence-corrected chi connectivity index (χ4v) is 0.541. The average Bonchev–Trinajstić information content (AvgIpc) is 2.10. The van der Waals surface area contributed by atoms with Crippen LogP contribution in [0.1, 0.15) is 6.42 Å². The molecular formula is C8H14O4. The summed E-state index contributed by atoms with van der Waals surface area (Å²) in [7, 11) is 2.90. The fraction of sp³-hybridized carbons (Fsp3) is 0.625. The molecule has 0 heterocycles. The zero-order valence-electron chi connectivity index (χ0n) is 7.41. The van der Waals surface area contributed by atoms with E-state index in [-0.39, 0.29) is 12.8 Å². The first-order valence-corrected chi connectivity index (χ1v) is 3.62. The van der Waals surface area contributed by atoms with Crippen LogP contribution in [0, 0.1) is 0 Å². The van der Waals surface area contributed by atoms with Gasteiger partial charge in [-0.05, 0) is 6.42 Å². The second-order valence-electron chi connectivity index (χ2n) is 2.03.